The Morgan fingerprint density at radius 1 is 1.50 bits per heavy atom. The number of Topliss-reactive ketones (excluding diaryl/α,β-unsaturated/α-hetero) is 1. The third-order valence-corrected chi connectivity index (χ3v) is 1.95. The van der Waals surface area contributed by atoms with Gasteiger partial charge in [-0.3, -0.25) is 4.79 Å². The van der Waals surface area contributed by atoms with Gasteiger partial charge in [0.1, 0.15) is 5.15 Å². The van der Waals surface area contributed by atoms with Crippen LogP contribution in [-0.4, -0.2) is 23.8 Å². The molecule has 0 atom stereocenters. The summed E-state index contributed by atoms with van der Waals surface area (Å²) in [6.07, 6.45) is 1.32. The first-order valence-corrected chi connectivity index (χ1v) is 4.19. The van der Waals surface area contributed by atoms with Crippen molar-refractivity contribution in [1.29, 1.82) is 0 Å². The smallest absolute Gasteiger partial charge is 0.341 e. The second kappa shape index (κ2) is 4.19. The molecule has 1 aromatic heterocycles. The standard InChI is InChI=1S/C9H8ClNO3/c1-5(12)6-3-7(9(13)14-2)8(10)11-4-6/h3-4H,1-2H3. The van der Waals surface area contributed by atoms with E-state index < -0.39 is 5.97 Å². The number of hydrogen-bond donors (Lipinski definition) is 0. The van der Waals surface area contributed by atoms with Crippen molar-refractivity contribution in [3.63, 3.8) is 0 Å². The SMILES string of the molecule is COC(=O)c1cc(C(C)=O)cnc1Cl. The maximum atomic E-state index is 11.2. The van der Waals surface area contributed by atoms with Gasteiger partial charge in [0.15, 0.2) is 5.78 Å². The molecular formula is C9H8ClNO3. The molecule has 1 aromatic rings. The molecule has 0 bridgehead atoms. The van der Waals surface area contributed by atoms with Crippen LogP contribution < -0.4 is 0 Å². The van der Waals surface area contributed by atoms with Crippen LogP contribution in [0.25, 0.3) is 0 Å². The number of aromatic nitrogens is 1. The molecular weight excluding hydrogens is 206 g/mol. The summed E-state index contributed by atoms with van der Waals surface area (Å²) < 4.78 is 4.48. The van der Waals surface area contributed by atoms with Gasteiger partial charge in [-0.25, -0.2) is 9.78 Å². The minimum Gasteiger partial charge on any atom is -0.465 e. The fourth-order valence-electron chi connectivity index (χ4n) is 0.894. The fourth-order valence-corrected chi connectivity index (χ4v) is 1.07. The number of carbonyl (C=O) groups is 2. The number of esters is 1. The summed E-state index contributed by atoms with van der Waals surface area (Å²) in [4.78, 5) is 25.8. The third kappa shape index (κ3) is 2.09. The molecule has 0 N–H and O–H groups in total. The van der Waals surface area contributed by atoms with E-state index in [1.807, 2.05) is 0 Å². The van der Waals surface area contributed by atoms with E-state index >= 15 is 0 Å². The number of rotatable bonds is 2. The molecule has 0 unspecified atom stereocenters. The Morgan fingerprint density at radius 3 is 2.64 bits per heavy atom. The third-order valence-electron chi connectivity index (χ3n) is 1.65. The van der Waals surface area contributed by atoms with Crippen molar-refractivity contribution in [3.8, 4) is 0 Å². The van der Waals surface area contributed by atoms with Gasteiger partial charge < -0.3 is 4.74 Å². The van der Waals surface area contributed by atoms with Crippen LogP contribution in [0.15, 0.2) is 12.3 Å². The minimum absolute atomic E-state index is 0.0295. The van der Waals surface area contributed by atoms with Crippen LogP contribution in [0.5, 0.6) is 0 Å². The lowest BCUT2D eigenvalue weighted by Crippen LogP contribution is -2.05. The Morgan fingerprint density at radius 2 is 2.14 bits per heavy atom. The molecule has 4 nitrogen and oxygen atoms in total. The van der Waals surface area contributed by atoms with Crippen molar-refractivity contribution in [2.45, 2.75) is 6.92 Å². The lowest BCUT2D eigenvalue weighted by Gasteiger charge is -2.02. The topological polar surface area (TPSA) is 56.3 Å². The summed E-state index contributed by atoms with van der Waals surface area (Å²) in [6, 6.07) is 1.36. The lowest BCUT2D eigenvalue weighted by atomic mass is 10.1. The molecule has 0 aromatic carbocycles. The van der Waals surface area contributed by atoms with Crippen molar-refractivity contribution in [2.24, 2.45) is 0 Å². The molecule has 0 saturated heterocycles. The summed E-state index contributed by atoms with van der Waals surface area (Å²) in [5.41, 5.74) is 0.427. The summed E-state index contributed by atoms with van der Waals surface area (Å²) in [5, 5.41) is 0.0295. The van der Waals surface area contributed by atoms with Crippen LogP contribution in [0, 0.1) is 0 Å². The van der Waals surface area contributed by atoms with Crippen LogP contribution >= 0.6 is 11.6 Å². The molecule has 14 heavy (non-hydrogen) atoms. The van der Waals surface area contributed by atoms with E-state index in [0.717, 1.165) is 0 Å². The van der Waals surface area contributed by atoms with Gasteiger partial charge in [0, 0.05) is 11.8 Å². The second-order valence-electron chi connectivity index (χ2n) is 2.61. The Bertz CT molecular complexity index is 390. The molecule has 0 saturated carbocycles. The summed E-state index contributed by atoms with van der Waals surface area (Å²) in [7, 11) is 1.24. The molecule has 0 aliphatic carbocycles. The number of pyridine rings is 1. The quantitative estimate of drug-likeness (QED) is 0.427. The van der Waals surface area contributed by atoms with Crippen molar-refractivity contribution in [3.05, 3.63) is 28.5 Å². The average Bonchev–Trinajstić information content (AvgIpc) is 2.17. The predicted molar refractivity (Wildman–Crippen MR) is 50.6 cm³/mol. The summed E-state index contributed by atoms with van der Waals surface area (Å²) in [6.45, 7) is 1.38. The molecule has 0 amide bonds. The molecule has 0 aliphatic heterocycles. The molecule has 0 fully saturated rings. The number of carbonyl (C=O) groups excluding carboxylic acids is 2. The first-order valence-electron chi connectivity index (χ1n) is 3.81. The van der Waals surface area contributed by atoms with Gasteiger partial charge in [0.25, 0.3) is 0 Å². The van der Waals surface area contributed by atoms with Gasteiger partial charge in [-0.1, -0.05) is 11.6 Å². The van der Waals surface area contributed by atoms with Gasteiger partial charge >= 0.3 is 5.97 Å². The molecule has 0 radical (unpaired) electrons. The largest absolute Gasteiger partial charge is 0.465 e. The van der Waals surface area contributed by atoms with E-state index in [-0.39, 0.29) is 16.5 Å². The number of nitrogens with zero attached hydrogens (tertiary/aromatic N) is 1. The molecule has 0 aliphatic rings. The number of ether oxygens (including phenoxy) is 1. The van der Waals surface area contributed by atoms with Gasteiger partial charge in [-0.05, 0) is 13.0 Å². The molecule has 74 valence electrons. The Hall–Kier alpha value is -1.42. The zero-order valence-corrected chi connectivity index (χ0v) is 8.46. The highest BCUT2D eigenvalue weighted by molar-refractivity contribution is 6.32. The average molecular weight is 214 g/mol. The van der Waals surface area contributed by atoms with Crippen LogP contribution in [0.3, 0.4) is 0 Å². The first kappa shape index (κ1) is 10.7. The predicted octanol–water partition coefficient (Wildman–Crippen LogP) is 1.72. The van der Waals surface area contributed by atoms with Crippen LogP contribution in [0.2, 0.25) is 5.15 Å². The summed E-state index contributed by atoms with van der Waals surface area (Å²) >= 11 is 5.65. The number of halogens is 1. The Kier molecular flexibility index (Phi) is 3.19. The van der Waals surface area contributed by atoms with Gasteiger partial charge in [0.2, 0.25) is 0 Å². The highest BCUT2D eigenvalue weighted by Crippen LogP contribution is 2.15. The Balaban J connectivity index is 3.21. The monoisotopic (exact) mass is 213 g/mol. The maximum absolute atomic E-state index is 11.2. The van der Waals surface area contributed by atoms with Crippen molar-refractivity contribution in [2.75, 3.05) is 7.11 Å². The first-order chi connectivity index (χ1) is 6.56. The van der Waals surface area contributed by atoms with Crippen molar-refractivity contribution >= 4 is 23.4 Å². The van der Waals surface area contributed by atoms with E-state index in [9.17, 15) is 9.59 Å². The normalized spacial score (nSPS) is 9.64. The minimum atomic E-state index is -0.606. The van der Waals surface area contributed by atoms with Crippen LogP contribution in [0.4, 0.5) is 0 Å². The fraction of sp³-hybridized carbons (Fsp3) is 0.222. The van der Waals surface area contributed by atoms with E-state index in [2.05, 4.69) is 9.72 Å². The maximum Gasteiger partial charge on any atom is 0.341 e. The number of ketones is 1. The van der Waals surface area contributed by atoms with Crippen LogP contribution in [-0.2, 0) is 4.74 Å². The van der Waals surface area contributed by atoms with E-state index in [1.165, 1.54) is 26.3 Å². The molecule has 1 rings (SSSR count). The number of hydrogen-bond acceptors (Lipinski definition) is 4. The van der Waals surface area contributed by atoms with Crippen molar-refractivity contribution in [1.82, 2.24) is 4.98 Å². The highest BCUT2D eigenvalue weighted by atomic mass is 35.5. The zero-order valence-electron chi connectivity index (χ0n) is 7.70. The van der Waals surface area contributed by atoms with Gasteiger partial charge in [-0.2, -0.15) is 0 Å². The molecule has 5 heteroatoms. The zero-order chi connectivity index (χ0) is 10.7. The van der Waals surface area contributed by atoms with Crippen LogP contribution in [0.1, 0.15) is 27.6 Å². The van der Waals surface area contributed by atoms with Gasteiger partial charge in [0.05, 0.1) is 12.7 Å². The van der Waals surface area contributed by atoms with E-state index in [1.54, 1.807) is 0 Å². The van der Waals surface area contributed by atoms with E-state index in [0.29, 0.717) is 5.56 Å². The van der Waals surface area contributed by atoms with Crippen molar-refractivity contribution < 1.29 is 14.3 Å². The number of methoxy groups -OCH3 is 1. The van der Waals surface area contributed by atoms with E-state index in [4.69, 9.17) is 11.6 Å². The Labute approximate surface area is 85.9 Å². The molecule has 0 spiro atoms. The summed E-state index contributed by atoms with van der Waals surface area (Å²) in [5.74, 6) is -0.787. The highest BCUT2D eigenvalue weighted by Gasteiger charge is 2.13. The van der Waals surface area contributed by atoms with Gasteiger partial charge in [-0.15, -0.1) is 0 Å². The molecule has 1 heterocycles. The second-order valence-corrected chi connectivity index (χ2v) is 2.97. The lowest BCUT2D eigenvalue weighted by molar-refractivity contribution is 0.0600.